The molecule has 0 amide bonds. The van der Waals surface area contributed by atoms with Gasteiger partial charge in [-0.15, -0.1) is 22.7 Å². The summed E-state index contributed by atoms with van der Waals surface area (Å²) in [4.78, 5) is 21.9. The lowest BCUT2D eigenvalue weighted by Crippen LogP contribution is -2.44. The van der Waals surface area contributed by atoms with E-state index in [0.717, 1.165) is 29.1 Å². The maximum absolute atomic E-state index is 11.5. The molecular weight excluding hydrogens is 508 g/mol. The quantitative estimate of drug-likeness (QED) is 0.263. The van der Waals surface area contributed by atoms with Gasteiger partial charge in [-0.25, -0.2) is 4.85 Å². The Hall–Kier alpha value is -2.88. The highest BCUT2D eigenvalue weighted by molar-refractivity contribution is 7.24. The van der Waals surface area contributed by atoms with Gasteiger partial charge >= 0.3 is 5.97 Å². The molecule has 2 aromatic heterocycles. The number of nitrogens with zero attached hydrogens (tertiary/aromatic N) is 2. The molecule has 0 spiro atoms. The second-order valence-electron chi connectivity index (χ2n) is 12.2. The van der Waals surface area contributed by atoms with Gasteiger partial charge in [-0.3, -0.25) is 4.79 Å². The number of aliphatic carboxylic acids is 1. The molecule has 0 saturated heterocycles. The van der Waals surface area contributed by atoms with Crippen LogP contribution in [0.2, 0.25) is 0 Å². The second kappa shape index (κ2) is 9.10. The van der Waals surface area contributed by atoms with Crippen molar-refractivity contribution >= 4 is 40.4 Å². The molecule has 3 aromatic rings. The molecule has 1 aromatic carbocycles. The predicted octanol–water partition coefficient (Wildman–Crippen LogP) is 8.89. The number of rotatable bonds is 4. The number of anilines is 1. The molecule has 0 radical (unpaired) electrons. The lowest BCUT2D eigenvalue weighted by Gasteiger charge is -2.48. The van der Waals surface area contributed by atoms with Gasteiger partial charge in [0.05, 0.1) is 6.57 Å². The zero-order valence-corrected chi connectivity index (χ0v) is 25.3. The predicted molar refractivity (Wildman–Crippen MR) is 162 cm³/mol. The highest BCUT2D eigenvalue weighted by Crippen LogP contribution is 2.53. The number of hydrogen-bond donors (Lipinski definition) is 1. The smallest absolute Gasteiger partial charge is 0.333 e. The molecule has 2 aliphatic rings. The minimum absolute atomic E-state index is 0.139. The minimum atomic E-state index is -1.18. The topological polar surface area (TPSA) is 44.9 Å². The third kappa shape index (κ3) is 4.12. The molecular formula is C32H36N2O2S2. The summed E-state index contributed by atoms with van der Waals surface area (Å²) in [5.41, 5.74) is 10.6. The first-order valence-corrected chi connectivity index (χ1v) is 14.9. The van der Waals surface area contributed by atoms with Crippen LogP contribution in [0.25, 0.3) is 31.1 Å². The first kappa shape index (κ1) is 26.7. The van der Waals surface area contributed by atoms with Gasteiger partial charge < -0.3 is 10.0 Å². The summed E-state index contributed by atoms with van der Waals surface area (Å²) in [6.07, 6.45) is 3.86. The summed E-state index contributed by atoms with van der Waals surface area (Å²) in [5.74, 6) is -1.18. The zero-order valence-electron chi connectivity index (χ0n) is 23.6. The Labute approximate surface area is 234 Å². The normalized spacial score (nSPS) is 17.8. The van der Waals surface area contributed by atoms with Gasteiger partial charge in [0, 0.05) is 38.3 Å². The van der Waals surface area contributed by atoms with Crippen LogP contribution in [0, 0.1) is 34.3 Å². The Morgan fingerprint density at radius 1 is 0.895 bits per heavy atom. The van der Waals surface area contributed by atoms with Crippen molar-refractivity contribution in [2.45, 2.75) is 79.1 Å². The Morgan fingerprint density at radius 2 is 1.39 bits per heavy atom. The Morgan fingerprint density at radius 3 is 1.92 bits per heavy atom. The molecule has 0 saturated carbocycles. The van der Waals surface area contributed by atoms with Gasteiger partial charge in [0.2, 0.25) is 0 Å². The summed E-state index contributed by atoms with van der Waals surface area (Å²) in [6.45, 7) is 27.6. The number of carbonyl (C=O) groups is 1. The lowest BCUT2D eigenvalue weighted by molar-refractivity contribution is -0.132. The van der Waals surface area contributed by atoms with Crippen LogP contribution in [0.3, 0.4) is 0 Å². The van der Waals surface area contributed by atoms with E-state index in [1.54, 1.807) is 11.3 Å². The fraction of sp³-hybridized carbons (Fsp3) is 0.438. The third-order valence-electron chi connectivity index (χ3n) is 8.91. The molecule has 6 heteroatoms. The fourth-order valence-corrected chi connectivity index (χ4v) is 8.69. The molecule has 2 aliphatic heterocycles. The van der Waals surface area contributed by atoms with Gasteiger partial charge in [0.15, 0.2) is 0 Å². The van der Waals surface area contributed by atoms with Crippen LogP contribution in [0.1, 0.15) is 78.8 Å². The van der Waals surface area contributed by atoms with E-state index >= 15 is 0 Å². The fourth-order valence-electron chi connectivity index (χ4n) is 5.90. The summed E-state index contributed by atoms with van der Waals surface area (Å²) in [5, 5.41) is 9.37. The van der Waals surface area contributed by atoms with Crippen molar-refractivity contribution in [3.8, 4) is 20.2 Å². The second-order valence-corrected chi connectivity index (χ2v) is 14.2. The van der Waals surface area contributed by atoms with Crippen molar-refractivity contribution in [1.29, 1.82) is 0 Å². The maximum atomic E-state index is 11.5. The van der Waals surface area contributed by atoms with Crippen LogP contribution >= 0.6 is 22.7 Å². The van der Waals surface area contributed by atoms with Crippen molar-refractivity contribution in [3.05, 3.63) is 67.5 Å². The van der Waals surface area contributed by atoms with Crippen LogP contribution in [0.15, 0.2) is 17.8 Å². The monoisotopic (exact) mass is 544 g/mol. The number of carboxylic acids is 1. The summed E-state index contributed by atoms with van der Waals surface area (Å²) in [6, 6.07) is 4.92. The van der Waals surface area contributed by atoms with Gasteiger partial charge in [0.25, 0.3) is 5.70 Å². The number of thiophene rings is 2. The average molecular weight is 545 g/mol. The maximum Gasteiger partial charge on any atom is 0.333 e. The van der Waals surface area contributed by atoms with E-state index < -0.39 is 5.97 Å². The number of carboxylic acid groups (broad SMARTS) is 1. The molecule has 1 N–H and O–H groups in total. The van der Waals surface area contributed by atoms with Crippen LogP contribution in [0.5, 0.6) is 0 Å². The molecule has 4 heterocycles. The van der Waals surface area contributed by atoms with Gasteiger partial charge in [0.1, 0.15) is 0 Å². The SMILES string of the molecule is [C-]#[N+]/C(=C\c1sc(-c2sc(-c3cc4c5c(c3)C(C)(C)CCN5CCC4(C)C)c(C)c2C)c(C)c1C)C(=O)O. The molecule has 4 nitrogen and oxygen atoms in total. The van der Waals surface area contributed by atoms with E-state index in [4.69, 9.17) is 6.57 Å². The van der Waals surface area contributed by atoms with Crippen LogP contribution in [-0.4, -0.2) is 24.2 Å². The molecule has 0 fully saturated rings. The molecule has 0 aliphatic carbocycles. The summed E-state index contributed by atoms with van der Waals surface area (Å²) in [7, 11) is 0. The van der Waals surface area contributed by atoms with Gasteiger partial charge in [-0.2, -0.15) is 0 Å². The van der Waals surface area contributed by atoms with Gasteiger partial charge in [-0.1, -0.05) is 27.7 Å². The zero-order chi connectivity index (χ0) is 27.7. The average Bonchev–Trinajstić information content (AvgIpc) is 3.30. The molecule has 38 heavy (non-hydrogen) atoms. The van der Waals surface area contributed by atoms with Crippen LogP contribution < -0.4 is 4.90 Å². The Balaban J connectivity index is 1.69. The van der Waals surface area contributed by atoms with E-state index in [1.165, 1.54) is 67.1 Å². The van der Waals surface area contributed by atoms with Gasteiger partial charge in [-0.05, 0) is 109 Å². The largest absolute Gasteiger partial charge is 0.486 e. The first-order chi connectivity index (χ1) is 17.8. The Kier molecular flexibility index (Phi) is 6.40. The summed E-state index contributed by atoms with van der Waals surface area (Å²) >= 11 is 3.44. The number of hydrogen-bond acceptors (Lipinski definition) is 4. The van der Waals surface area contributed by atoms with Crippen molar-refractivity contribution in [3.63, 3.8) is 0 Å². The van der Waals surface area contributed by atoms with Crippen molar-refractivity contribution in [2.24, 2.45) is 0 Å². The van der Waals surface area contributed by atoms with Crippen molar-refractivity contribution in [1.82, 2.24) is 0 Å². The minimum Gasteiger partial charge on any atom is -0.486 e. The molecule has 198 valence electrons. The lowest BCUT2D eigenvalue weighted by atomic mass is 9.69. The first-order valence-electron chi connectivity index (χ1n) is 13.2. The van der Waals surface area contributed by atoms with Crippen molar-refractivity contribution < 1.29 is 9.90 Å². The van der Waals surface area contributed by atoms with E-state index in [-0.39, 0.29) is 16.5 Å². The van der Waals surface area contributed by atoms with Crippen molar-refractivity contribution in [2.75, 3.05) is 18.0 Å². The van der Waals surface area contributed by atoms with E-state index in [2.05, 4.69) is 70.3 Å². The molecule has 0 atom stereocenters. The highest BCUT2D eigenvalue weighted by atomic mass is 32.1. The van der Waals surface area contributed by atoms with Crippen LogP contribution in [0.4, 0.5) is 5.69 Å². The molecule has 0 unspecified atom stereocenters. The summed E-state index contributed by atoms with van der Waals surface area (Å²) < 4.78 is 0. The van der Waals surface area contributed by atoms with E-state index in [1.807, 2.05) is 18.3 Å². The number of benzene rings is 1. The molecule has 0 bridgehead atoms. The third-order valence-corrected chi connectivity index (χ3v) is 11.9. The van der Waals surface area contributed by atoms with Crippen LogP contribution in [-0.2, 0) is 15.6 Å². The van der Waals surface area contributed by atoms with E-state index in [9.17, 15) is 9.90 Å². The molecule has 5 rings (SSSR count). The van der Waals surface area contributed by atoms with E-state index in [0.29, 0.717) is 0 Å². The standard InChI is InChI=1S/C32H36N2O2S2/c1-17-18(2)28(37-25(17)16-24(33-9)30(35)36)29-20(4)19(3)27(38-29)21-14-22-26-23(15-21)32(7,8)11-13-34(26)12-10-31(22,5)6/h14-16H,10-13H2,1-8H3,(H,35,36)/b24-16-. The Bertz CT molecular complexity index is 1520. The highest BCUT2D eigenvalue weighted by Gasteiger charge is 2.40.